The predicted octanol–water partition coefficient (Wildman–Crippen LogP) is 3.63. The predicted molar refractivity (Wildman–Crippen MR) is 125 cm³/mol. The van der Waals surface area contributed by atoms with E-state index in [9.17, 15) is 13.2 Å². The maximum atomic E-state index is 12.9. The number of hydrogen-bond acceptors (Lipinski definition) is 4. The highest BCUT2D eigenvalue weighted by atomic mass is 32.2. The van der Waals surface area contributed by atoms with Crippen molar-refractivity contribution in [1.82, 2.24) is 9.62 Å². The zero-order chi connectivity index (χ0) is 22.6. The maximum absolute atomic E-state index is 12.9. The van der Waals surface area contributed by atoms with Gasteiger partial charge in [-0.25, -0.2) is 13.1 Å². The van der Waals surface area contributed by atoms with Gasteiger partial charge < -0.3 is 5.32 Å². The van der Waals surface area contributed by atoms with Crippen LogP contribution in [0.25, 0.3) is 0 Å². The van der Waals surface area contributed by atoms with Crippen LogP contribution in [0.5, 0.6) is 0 Å². The summed E-state index contributed by atoms with van der Waals surface area (Å²) in [5, 5.41) is 3.08. The fourth-order valence-electron chi connectivity index (χ4n) is 4.05. The minimum Gasteiger partial charge on any atom is -0.324 e. The molecule has 0 bridgehead atoms. The fraction of sp³-hybridized carbons (Fsp3) is 0.458. The lowest BCUT2D eigenvalue weighted by atomic mass is 9.97. The lowest BCUT2D eigenvalue weighted by Crippen LogP contribution is -2.49. The quantitative estimate of drug-likeness (QED) is 0.685. The van der Waals surface area contributed by atoms with Crippen molar-refractivity contribution in [2.75, 3.05) is 25.0 Å². The number of para-hydroxylation sites is 1. The van der Waals surface area contributed by atoms with Gasteiger partial charge >= 0.3 is 0 Å². The molecule has 0 aromatic heterocycles. The van der Waals surface area contributed by atoms with Gasteiger partial charge in [-0.15, -0.1) is 0 Å². The van der Waals surface area contributed by atoms with Gasteiger partial charge in [0.1, 0.15) is 0 Å². The molecule has 1 amide bonds. The first-order valence-electron chi connectivity index (χ1n) is 10.8. The molecule has 0 saturated carbocycles. The summed E-state index contributed by atoms with van der Waals surface area (Å²) in [4.78, 5) is 15.3. The van der Waals surface area contributed by atoms with Gasteiger partial charge in [0.15, 0.2) is 0 Å². The molecule has 1 aliphatic heterocycles. The standard InChI is InChI=1S/C24H33N3O3S/c1-17-10-12-22(13-11-17)31(29,30)25-15-21-9-6-14-27(16-21)20(4)24(28)26-23-18(2)7-5-8-19(23)3/h5,7-8,10-13,20-21,25H,6,9,14-16H2,1-4H3,(H,26,28). The Bertz CT molecular complexity index is 999. The average molecular weight is 444 g/mol. The Morgan fingerprint density at radius 1 is 1.10 bits per heavy atom. The van der Waals surface area contributed by atoms with Crippen LogP contribution in [0.2, 0.25) is 0 Å². The normalized spacial score (nSPS) is 18.5. The van der Waals surface area contributed by atoms with E-state index in [1.165, 1.54) is 0 Å². The highest BCUT2D eigenvalue weighted by Crippen LogP contribution is 2.22. The van der Waals surface area contributed by atoms with E-state index in [-0.39, 0.29) is 22.8 Å². The van der Waals surface area contributed by atoms with E-state index < -0.39 is 10.0 Å². The number of piperidine rings is 1. The molecule has 0 spiro atoms. The molecule has 2 N–H and O–H groups in total. The van der Waals surface area contributed by atoms with Crippen molar-refractivity contribution in [3.63, 3.8) is 0 Å². The number of amides is 1. The van der Waals surface area contributed by atoms with E-state index in [1.807, 2.05) is 45.9 Å². The number of aryl methyl sites for hydroxylation is 3. The van der Waals surface area contributed by atoms with Crippen molar-refractivity contribution in [3.8, 4) is 0 Å². The second-order valence-electron chi connectivity index (χ2n) is 8.60. The van der Waals surface area contributed by atoms with Gasteiger partial charge in [-0.1, -0.05) is 35.9 Å². The number of carbonyl (C=O) groups excluding carboxylic acids is 1. The number of anilines is 1. The molecule has 2 atom stereocenters. The molecule has 2 aromatic rings. The largest absolute Gasteiger partial charge is 0.324 e. The van der Waals surface area contributed by atoms with Crippen molar-refractivity contribution >= 4 is 21.6 Å². The molecule has 1 saturated heterocycles. The highest BCUT2D eigenvalue weighted by Gasteiger charge is 2.28. The number of sulfonamides is 1. The monoisotopic (exact) mass is 443 g/mol. The number of likely N-dealkylation sites (tertiary alicyclic amines) is 1. The molecule has 31 heavy (non-hydrogen) atoms. The number of carbonyl (C=O) groups is 1. The van der Waals surface area contributed by atoms with Gasteiger partial charge in [-0.05, 0) is 76.3 Å². The summed E-state index contributed by atoms with van der Waals surface area (Å²) in [5.41, 5.74) is 3.99. The molecule has 7 heteroatoms. The SMILES string of the molecule is Cc1ccc(S(=O)(=O)NCC2CCCN(C(C)C(=O)Nc3c(C)cccc3C)C2)cc1. The topological polar surface area (TPSA) is 78.5 Å². The van der Waals surface area contributed by atoms with Crippen LogP contribution < -0.4 is 10.0 Å². The number of benzene rings is 2. The summed E-state index contributed by atoms with van der Waals surface area (Å²) in [6.07, 6.45) is 1.89. The molecule has 6 nitrogen and oxygen atoms in total. The molecule has 2 aromatic carbocycles. The molecular weight excluding hydrogens is 410 g/mol. The number of rotatable bonds is 7. The van der Waals surface area contributed by atoms with Gasteiger partial charge in [-0.2, -0.15) is 0 Å². The van der Waals surface area contributed by atoms with Crippen molar-refractivity contribution < 1.29 is 13.2 Å². The average Bonchev–Trinajstić information content (AvgIpc) is 2.75. The Labute approximate surface area is 186 Å². The van der Waals surface area contributed by atoms with Crippen LogP contribution in [-0.4, -0.2) is 44.9 Å². The van der Waals surface area contributed by atoms with Crippen LogP contribution in [-0.2, 0) is 14.8 Å². The maximum Gasteiger partial charge on any atom is 0.241 e. The van der Waals surface area contributed by atoms with Crippen LogP contribution in [0.3, 0.4) is 0 Å². The van der Waals surface area contributed by atoms with Crippen LogP contribution in [0.4, 0.5) is 5.69 Å². The van der Waals surface area contributed by atoms with E-state index >= 15 is 0 Å². The van der Waals surface area contributed by atoms with Crippen LogP contribution in [0.1, 0.15) is 36.5 Å². The third-order valence-corrected chi connectivity index (χ3v) is 7.54. The Balaban J connectivity index is 1.58. The molecule has 1 fully saturated rings. The van der Waals surface area contributed by atoms with Gasteiger partial charge in [0.25, 0.3) is 0 Å². The molecule has 2 unspecified atom stereocenters. The van der Waals surface area contributed by atoms with E-state index in [2.05, 4.69) is 14.9 Å². The molecule has 1 aliphatic rings. The summed E-state index contributed by atoms with van der Waals surface area (Å²) < 4.78 is 27.9. The van der Waals surface area contributed by atoms with E-state index in [4.69, 9.17) is 0 Å². The third-order valence-electron chi connectivity index (χ3n) is 6.10. The molecule has 1 heterocycles. The summed E-state index contributed by atoms with van der Waals surface area (Å²) in [7, 11) is -3.53. The van der Waals surface area contributed by atoms with Crippen molar-refractivity contribution in [1.29, 1.82) is 0 Å². The Morgan fingerprint density at radius 3 is 2.39 bits per heavy atom. The minimum atomic E-state index is -3.53. The molecule has 0 radical (unpaired) electrons. The zero-order valence-electron chi connectivity index (χ0n) is 18.8. The van der Waals surface area contributed by atoms with Gasteiger partial charge in [0.2, 0.25) is 15.9 Å². The molecule has 0 aliphatic carbocycles. The third kappa shape index (κ3) is 5.93. The van der Waals surface area contributed by atoms with Gasteiger partial charge in [0.05, 0.1) is 10.9 Å². The second-order valence-corrected chi connectivity index (χ2v) is 10.4. The lowest BCUT2D eigenvalue weighted by Gasteiger charge is -2.36. The number of hydrogen-bond donors (Lipinski definition) is 2. The minimum absolute atomic E-state index is 0.0294. The van der Waals surface area contributed by atoms with E-state index in [1.54, 1.807) is 24.3 Å². The smallest absolute Gasteiger partial charge is 0.241 e. The van der Waals surface area contributed by atoms with Gasteiger partial charge in [-0.3, -0.25) is 9.69 Å². The zero-order valence-corrected chi connectivity index (χ0v) is 19.6. The molecule has 168 valence electrons. The summed E-state index contributed by atoms with van der Waals surface area (Å²) in [6, 6.07) is 12.5. The molecular formula is C24H33N3O3S. The lowest BCUT2D eigenvalue weighted by molar-refractivity contribution is -0.121. The van der Waals surface area contributed by atoms with Crippen molar-refractivity contribution in [2.45, 2.75) is 51.5 Å². The molecule has 3 rings (SSSR count). The van der Waals surface area contributed by atoms with Crippen LogP contribution in [0.15, 0.2) is 47.4 Å². The fourth-order valence-corrected chi connectivity index (χ4v) is 5.17. The van der Waals surface area contributed by atoms with E-state index in [0.29, 0.717) is 13.1 Å². The second kappa shape index (κ2) is 9.94. The van der Waals surface area contributed by atoms with Crippen LogP contribution in [0, 0.1) is 26.7 Å². The van der Waals surface area contributed by atoms with Crippen LogP contribution >= 0.6 is 0 Å². The first-order valence-corrected chi connectivity index (χ1v) is 12.3. The highest BCUT2D eigenvalue weighted by molar-refractivity contribution is 7.89. The van der Waals surface area contributed by atoms with Crippen molar-refractivity contribution in [3.05, 3.63) is 59.2 Å². The first-order chi connectivity index (χ1) is 14.7. The number of nitrogens with one attached hydrogen (secondary N) is 2. The summed E-state index contributed by atoms with van der Waals surface area (Å²) in [6.45, 7) is 9.73. The Kier molecular flexibility index (Phi) is 7.51. The number of nitrogens with zero attached hydrogens (tertiary/aromatic N) is 1. The van der Waals surface area contributed by atoms with Crippen molar-refractivity contribution in [2.24, 2.45) is 5.92 Å². The Hall–Kier alpha value is -2.22. The first kappa shape index (κ1) is 23.4. The summed E-state index contributed by atoms with van der Waals surface area (Å²) >= 11 is 0. The summed E-state index contributed by atoms with van der Waals surface area (Å²) in [5.74, 6) is 0.141. The van der Waals surface area contributed by atoms with Gasteiger partial charge in [0, 0.05) is 18.8 Å². The van der Waals surface area contributed by atoms with E-state index in [0.717, 1.165) is 41.8 Å². The Morgan fingerprint density at radius 2 is 1.74 bits per heavy atom.